The number of rotatable bonds is 14. The van der Waals surface area contributed by atoms with Crippen LogP contribution in [0.5, 0.6) is 0 Å². The van der Waals surface area contributed by atoms with Crippen molar-refractivity contribution in [3.8, 4) is 0 Å². The van der Waals surface area contributed by atoms with Crippen LogP contribution in [-0.2, 0) is 16.3 Å². The van der Waals surface area contributed by atoms with E-state index < -0.39 is 22.0 Å². The Morgan fingerprint density at radius 2 is 1.12 bits per heavy atom. The summed E-state index contributed by atoms with van der Waals surface area (Å²) >= 11 is 0. The molecule has 0 aromatic heterocycles. The third-order valence-electron chi connectivity index (χ3n) is 8.17. The van der Waals surface area contributed by atoms with Gasteiger partial charge in [0.1, 0.15) is 23.2 Å². The van der Waals surface area contributed by atoms with Gasteiger partial charge in [0.05, 0.1) is 16.0 Å². The van der Waals surface area contributed by atoms with E-state index in [0.717, 1.165) is 43.7 Å². The molecule has 42 heavy (non-hydrogen) atoms. The SMILES string of the molecule is O=[N+]([O-])c1cc2c(cc1CCCCCCCCC[P+](c1ccccc1)(c1ccccc1)c1ccccc1)C=CS2(=O)=O. The summed E-state index contributed by atoms with van der Waals surface area (Å²) < 4.78 is 24.2. The molecule has 0 N–H and O–H groups in total. The number of sulfone groups is 1. The van der Waals surface area contributed by atoms with Gasteiger partial charge in [0, 0.05) is 17.0 Å². The van der Waals surface area contributed by atoms with Crippen molar-refractivity contribution in [1.29, 1.82) is 0 Å². The van der Waals surface area contributed by atoms with Crippen molar-refractivity contribution in [2.45, 2.75) is 56.3 Å². The smallest absolute Gasteiger partial charge is 0.258 e. The molecule has 4 aromatic rings. The second-order valence-corrected chi connectivity index (χ2v) is 16.3. The Hall–Kier alpha value is -3.60. The van der Waals surface area contributed by atoms with Gasteiger partial charge in [-0.25, -0.2) is 8.42 Å². The number of nitro groups is 1. The van der Waals surface area contributed by atoms with Crippen LogP contribution in [0.4, 0.5) is 5.69 Å². The first-order valence-corrected chi connectivity index (χ1v) is 18.2. The number of hydrogen-bond acceptors (Lipinski definition) is 4. The monoisotopic (exact) mass is 598 g/mol. The van der Waals surface area contributed by atoms with Gasteiger partial charge < -0.3 is 0 Å². The molecule has 216 valence electrons. The van der Waals surface area contributed by atoms with E-state index in [2.05, 4.69) is 91.0 Å². The highest BCUT2D eigenvalue weighted by atomic mass is 32.2. The van der Waals surface area contributed by atoms with Crippen molar-refractivity contribution >= 4 is 44.8 Å². The van der Waals surface area contributed by atoms with Crippen LogP contribution in [0.25, 0.3) is 6.08 Å². The maximum absolute atomic E-state index is 12.1. The summed E-state index contributed by atoms with van der Waals surface area (Å²) in [6, 6.07) is 35.9. The normalized spacial score (nSPS) is 13.6. The van der Waals surface area contributed by atoms with Crippen molar-refractivity contribution in [1.82, 2.24) is 0 Å². The summed E-state index contributed by atoms with van der Waals surface area (Å²) in [6.45, 7) is 0. The van der Waals surface area contributed by atoms with E-state index in [1.807, 2.05) is 0 Å². The minimum absolute atomic E-state index is 0.0382. The van der Waals surface area contributed by atoms with Gasteiger partial charge in [0.15, 0.2) is 0 Å². The number of unbranched alkanes of at least 4 members (excludes halogenated alkanes) is 6. The zero-order valence-electron chi connectivity index (χ0n) is 23.8. The van der Waals surface area contributed by atoms with E-state index in [4.69, 9.17) is 0 Å². The second-order valence-electron chi connectivity index (χ2n) is 10.9. The maximum Gasteiger partial charge on any atom is 0.273 e. The van der Waals surface area contributed by atoms with E-state index in [-0.39, 0.29) is 10.6 Å². The molecule has 1 aliphatic rings. The lowest BCUT2D eigenvalue weighted by Crippen LogP contribution is -2.33. The molecule has 4 aromatic carbocycles. The number of aryl methyl sites for hydroxylation is 1. The summed E-state index contributed by atoms with van der Waals surface area (Å²) in [7, 11) is -5.34. The van der Waals surface area contributed by atoms with Crippen LogP contribution < -0.4 is 15.9 Å². The van der Waals surface area contributed by atoms with Gasteiger partial charge in [-0.05, 0) is 79.8 Å². The van der Waals surface area contributed by atoms with Gasteiger partial charge in [0.2, 0.25) is 9.84 Å². The van der Waals surface area contributed by atoms with E-state index in [9.17, 15) is 18.5 Å². The molecule has 0 atom stereocenters. The highest BCUT2D eigenvalue weighted by Crippen LogP contribution is 2.56. The van der Waals surface area contributed by atoms with Crippen LogP contribution in [0, 0.1) is 10.1 Å². The van der Waals surface area contributed by atoms with Crippen LogP contribution in [0.15, 0.2) is 113 Å². The van der Waals surface area contributed by atoms with E-state index >= 15 is 0 Å². The molecular formula is C35H37NO4PS+. The molecule has 0 saturated carbocycles. The second kappa shape index (κ2) is 13.6. The molecule has 5 rings (SSSR count). The summed E-state index contributed by atoms with van der Waals surface area (Å²) in [5.74, 6) is 0. The first-order chi connectivity index (χ1) is 20.4. The molecule has 0 bridgehead atoms. The van der Waals surface area contributed by atoms with Gasteiger partial charge >= 0.3 is 0 Å². The van der Waals surface area contributed by atoms with Gasteiger partial charge in [-0.2, -0.15) is 0 Å². The summed E-state index contributed by atoms with van der Waals surface area (Å²) in [4.78, 5) is 11.2. The fourth-order valence-electron chi connectivity index (χ4n) is 6.05. The first kappa shape index (κ1) is 29.9. The molecule has 0 amide bonds. The van der Waals surface area contributed by atoms with Gasteiger partial charge in [0.25, 0.3) is 5.69 Å². The van der Waals surface area contributed by atoms with Crippen LogP contribution >= 0.6 is 7.26 Å². The third kappa shape index (κ3) is 6.56. The topological polar surface area (TPSA) is 77.3 Å². The number of nitro benzene ring substituents is 1. The summed E-state index contributed by atoms with van der Waals surface area (Å²) in [5.41, 5.74) is 1.07. The van der Waals surface area contributed by atoms with Crippen LogP contribution in [0.2, 0.25) is 0 Å². The Kier molecular flexibility index (Phi) is 9.66. The average molecular weight is 599 g/mol. The molecule has 0 spiro atoms. The van der Waals surface area contributed by atoms with E-state index in [1.165, 1.54) is 40.9 Å². The average Bonchev–Trinajstić information content (AvgIpc) is 3.32. The number of benzene rings is 4. The van der Waals surface area contributed by atoms with Crippen molar-refractivity contribution in [3.63, 3.8) is 0 Å². The van der Waals surface area contributed by atoms with Crippen LogP contribution in [-0.4, -0.2) is 19.5 Å². The Labute approximate surface area is 249 Å². The van der Waals surface area contributed by atoms with E-state index in [1.54, 1.807) is 6.07 Å². The standard InChI is InChI=1S/C35H37NO4PS/c37-36(38)34-28-35-30(24-26-42(35,39)40)27-29(34)17-9-4-2-1-3-5-16-25-41(31-18-10-6-11-19-31,32-20-12-7-13-21-32)33-22-14-8-15-23-33/h6-8,10-15,18-24,26-28H,1-5,9,16-17,25H2/q+1. The third-order valence-corrected chi connectivity index (χ3v) is 14.2. The predicted molar refractivity (Wildman–Crippen MR) is 175 cm³/mol. The minimum Gasteiger partial charge on any atom is -0.258 e. The van der Waals surface area contributed by atoms with Crippen LogP contribution in [0.3, 0.4) is 0 Å². The molecule has 0 unspecified atom stereocenters. The Bertz CT molecular complexity index is 1540. The Balaban J connectivity index is 1.16. The van der Waals surface area contributed by atoms with E-state index in [0.29, 0.717) is 17.5 Å². The lowest BCUT2D eigenvalue weighted by molar-refractivity contribution is -0.385. The van der Waals surface area contributed by atoms with Crippen molar-refractivity contribution in [2.24, 2.45) is 0 Å². The van der Waals surface area contributed by atoms with Gasteiger partial charge in [-0.15, -0.1) is 0 Å². The summed E-state index contributed by atoms with van der Waals surface area (Å²) in [5, 5.41) is 17.0. The maximum atomic E-state index is 12.1. The molecule has 0 aliphatic carbocycles. The Morgan fingerprint density at radius 1 is 0.643 bits per heavy atom. The molecule has 0 fully saturated rings. The predicted octanol–water partition coefficient (Wildman–Crippen LogP) is 7.62. The molecule has 1 heterocycles. The lowest BCUT2D eigenvalue weighted by atomic mass is 10.0. The zero-order valence-corrected chi connectivity index (χ0v) is 25.5. The fraction of sp³-hybridized carbons (Fsp3) is 0.257. The van der Waals surface area contributed by atoms with Crippen molar-refractivity contribution < 1.29 is 13.3 Å². The molecule has 7 heteroatoms. The summed E-state index contributed by atoms with van der Waals surface area (Å²) in [6.07, 6.45) is 10.8. The largest absolute Gasteiger partial charge is 0.273 e. The lowest BCUT2D eigenvalue weighted by Gasteiger charge is -2.27. The molecule has 5 nitrogen and oxygen atoms in total. The first-order valence-electron chi connectivity index (χ1n) is 14.7. The highest BCUT2D eigenvalue weighted by Gasteiger charge is 2.44. The van der Waals surface area contributed by atoms with Crippen molar-refractivity contribution in [3.05, 3.63) is 130 Å². The highest BCUT2D eigenvalue weighted by molar-refractivity contribution is 7.95. The number of nitrogens with zero attached hydrogens (tertiary/aromatic N) is 1. The van der Waals surface area contributed by atoms with Crippen molar-refractivity contribution in [2.75, 3.05) is 6.16 Å². The Morgan fingerprint density at radius 3 is 1.62 bits per heavy atom. The molecular weight excluding hydrogens is 561 g/mol. The minimum atomic E-state index is -3.56. The number of hydrogen-bond donors (Lipinski definition) is 0. The molecule has 1 aliphatic heterocycles. The molecule has 0 radical (unpaired) electrons. The number of fused-ring (bicyclic) bond motifs is 1. The molecule has 0 saturated heterocycles. The van der Waals surface area contributed by atoms with Crippen LogP contribution in [0.1, 0.15) is 56.1 Å². The fourth-order valence-corrected chi connectivity index (χ4v) is 11.7. The van der Waals surface area contributed by atoms with Gasteiger partial charge in [-0.1, -0.05) is 80.3 Å². The zero-order chi connectivity index (χ0) is 29.4. The quantitative estimate of drug-likeness (QED) is 0.0648. The van der Waals surface area contributed by atoms with Gasteiger partial charge in [-0.3, -0.25) is 10.1 Å².